The van der Waals surface area contributed by atoms with Crippen LogP contribution in [0.1, 0.15) is 25.0 Å². The summed E-state index contributed by atoms with van der Waals surface area (Å²) in [4.78, 5) is 5.00. The van der Waals surface area contributed by atoms with Crippen molar-refractivity contribution in [2.75, 3.05) is 9.80 Å². The molecule has 0 radical (unpaired) electrons. The van der Waals surface area contributed by atoms with Crippen LogP contribution in [-0.4, -0.2) is 16.1 Å². The van der Waals surface area contributed by atoms with E-state index in [-0.39, 0.29) is 5.41 Å². The van der Waals surface area contributed by atoms with Gasteiger partial charge >= 0.3 is 0 Å². The molecular weight excluding hydrogens is 769 g/mol. The average molecular weight is 823 g/mol. The largest absolute Gasteiger partial charge is 0.310 e. The third-order valence-electron chi connectivity index (χ3n) is 13.1. The SMILES string of the molecule is CC1(C)c2cc(N(c3ccccc3)c3cccc4c([Si](C)(C)C)cccc34)ccc2-c2c1cc(N(c1ccccc1)c1cccc3c([Si](C)(C)C)cccc13)c1ccccc21. The van der Waals surface area contributed by atoms with E-state index in [1.807, 2.05) is 0 Å². The maximum absolute atomic E-state index is 2.52. The van der Waals surface area contributed by atoms with Gasteiger partial charge in [-0.15, -0.1) is 0 Å². The molecule has 0 saturated heterocycles. The number of nitrogens with zero attached hydrogens (tertiary/aromatic N) is 2. The average Bonchev–Trinajstić information content (AvgIpc) is 3.49. The van der Waals surface area contributed by atoms with Crippen LogP contribution in [0.25, 0.3) is 43.4 Å². The number of benzene rings is 9. The minimum absolute atomic E-state index is 0.280. The number of fused-ring (bicyclic) bond motifs is 7. The molecule has 0 heterocycles. The lowest BCUT2D eigenvalue weighted by atomic mass is 9.81. The Morgan fingerprint density at radius 2 is 0.787 bits per heavy atom. The van der Waals surface area contributed by atoms with Gasteiger partial charge in [-0.1, -0.05) is 191 Å². The van der Waals surface area contributed by atoms with Gasteiger partial charge in [0.05, 0.1) is 33.2 Å². The van der Waals surface area contributed by atoms with Gasteiger partial charge in [-0.2, -0.15) is 0 Å². The van der Waals surface area contributed by atoms with Crippen LogP contribution in [0.2, 0.25) is 39.3 Å². The summed E-state index contributed by atoms with van der Waals surface area (Å²) in [7, 11) is -3.23. The summed E-state index contributed by atoms with van der Waals surface area (Å²) in [6.07, 6.45) is 0. The third-order valence-corrected chi connectivity index (χ3v) is 17.2. The number of rotatable bonds is 8. The number of hydrogen-bond donors (Lipinski definition) is 0. The fourth-order valence-corrected chi connectivity index (χ4v) is 13.4. The summed E-state index contributed by atoms with van der Waals surface area (Å²) in [5.74, 6) is 0. The van der Waals surface area contributed by atoms with Crippen molar-refractivity contribution < 1.29 is 0 Å². The highest BCUT2D eigenvalue weighted by molar-refractivity contribution is 6.91. The van der Waals surface area contributed by atoms with E-state index in [0.717, 1.165) is 11.4 Å². The van der Waals surface area contributed by atoms with E-state index in [1.54, 1.807) is 0 Å². The lowest BCUT2D eigenvalue weighted by Crippen LogP contribution is -2.38. The molecule has 0 aliphatic heterocycles. The fourth-order valence-electron chi connectivity index (χ4n) is 10.1. The first kappa shape index (κ1) is 39.0. The first-order valence-corrected chi connectivity index (χ1v) is 28.8. The zero-order valence-corrected chi connectivity index (χ0v) is 38.7. The van der Waals surface area contributed by atoms with E-state index in [4.69, 9.17) is 0 Å². The quantitative estimate of drug-likeness (QED) is 0.141. The summed E-state index contributed by atoms with van der Waals surface area (Å²) in [5, 5.41) is 10.8. The van der Waals surface area contributed by atoms with Crippen LogP contribution < -0.4 is 20.2 Å². The Kier molecular flexibility index (Phi) is 9.24. The summed E-state index contributed by atoms with van der Waals surface area (Å²) in [6.45, 7) is 19.6. The molecule has 0 bridgehead atoms. The van der Waals surface area contributed by atoms with Gasteiger partial charge in [-0.25, -0.2) is 0 Å². The highest BCUT2D eigenvalue weighted by Gasteiger charge is 2.39. The molecule has 0 saturated carbocycles. The summed E-state index contributed by atoms with van der Waals surface area (Å²) in [5.41, 5.74) is 12.2. The van der Waals surface area contributed by atoms with E-state index in [2.05, 4.69) is 245 Å². The van der Waals surface area contributed by atoms with E-state index in [9.17, 15) is 0 Å². The molecule has 1 aliphatic rings. The van der Waals surface area contributed by atoms with Crippen LogP contribution in [0.5, 0.6) is 0 Å². The van der Waals surface area contributed by atoms with Gasteiger partial charge in [0.1, 0.15) is 0 Å². The Balaban J connectivity index is 1.19. The van der Waals surface area contributed by atoms with Crippen molar-refractivity contribution in [3.8, 4) is 11.1 Å². The second-order valence-electron chi connectivity index (χ2n) is 19.4. The minimum Gasteiger partial charge on any atom is -0.310 e. The molecule has 2 nitrogen and oxygen atoms in total. The van der Waals surface area contributed by atoms with Gasteiger partial charge in [0.25, 0.3) is 0 Å². The Labute approximate surface area is 363 Å². The smallest absolute Gasteiger partial charge is 0.0784 e. The Morgan fingerprint density at radius 1 is 0.344 bits per heavy atom. The van der Waals surface area contributed by atoms with Crippen molar-refractivity contribution in [3.63, 3.8) is 0 Å². The molecule has 0 spiro atoms. The predicted octanol–water partition coefficient (Wildman–Crippen LogP) is 15.5. The van der Waals surface area contributed by atoms with Crippen LogP contribution in [0.15, 0.2) is 182 Å². The Morgan fingerprint density at radius 3 is 1.34 bits per heavy atom. The monoisotopic (exact) mass is 822 g/mol. The van der Waals surface area contributed by atoms with Gasteiger partial charge in [0, 0.05) is 38.6 Å². The fraction of sp³-hybridized carbons (Fsp3) is 0.158. The minimum atomic E-state index is -1.63. The molecule has 0 N–H and O–H groups in total. The maximum Gasteiger partial charge on any atom is 0.0784 e. The molecule has 9 aromatic rings. The van der Waals surface area contributed by atoms with Gasteiger partial charge in [0.15, 0.2) is 0 Å². The number of para-hydroxylation sites is 2. The molecule has 1 aliphatic carbocycles. The molecule has 61 heavy (non-hydrogen) atoms. The van der Waals surface area contributed by atoms with Crippen LogP contribution >= 0.6 is 0 Å². The van der Waals surface area contributed by atoms with Crippen LogP contribution in [0.3, 0.4) is 0 Å². The summed E-state index contributed by atoms with van der Waals surface area (Å²) >= 11 is 0. The van der Waals surface area contributed by atoms with E-state index >= 15 is 0 Å². The van der Waals surface area contributed by atoms with Crippen LogP contribution in [0, 0.1) is 0 Å². The highest BCUT2D eigenvalue weighted by Crippen LogP contribution is 2.56. The highest BCUT2D eigenvalue weighted by atomic mass is 28.3. The van der Waals surface area contributed by atoms with E-state index < -0.39 is 16.1 Å². The lowest BCUT2D eigenvalue weighted by molar-refractivity contribution is 0.661. The lowest BCUT2D eigenvalue weighted by Gasteiger charge is -2.31. The molecule has 0 atom stereocenters. The predicted molar refractivity (Wildman–Crippen MR) is 272 cm³/mol. The second kappa shape index (κ2) is 14.5. The van der Waals surface area contributed by atoms with Crippen molar-refractivity contribution >= 4 is 93.0 Å². The van der Waals surface area contributed by atoms with Crippen molar-refractivity contribution in [1.82, 2.24) is 0 Å². The molecular formula is C57H54N2Si2. The zero-order valence-electron chi connectivity index (χ0n) is 36.7. The molecule has 300 valence electrons. The first-order valence-electron chi connectivity index (χ1n) is 21.8. The molecule has 0 amide bonds. The molecule has 0 aromatic heterocycles. The molecule has 9 aromatic carbocycles. The summed E-state index contributed by atoms with van der Waals surface area (Å²) < 4.78 is 0. The molecule has 10 rings (SSSR count). The normalized spacial score (nSPS) is 13.4. The van der Waals surface area contributed by atoms with Gasteiger partial charge < -0.3 is 9.80 Å². The van der Waals surface area contributed by atoms with Gasteiger partial charge in [-0.05, 0) is 93.0 Å². The zero-order chi connectivity index (χ0) is 42.3. The van der Waals surface area contributed by atoms with Crippen molar-refractivity contribution in [1.29, 1.82) is 0 Å². The number of hydrogen-bond acceptors (Lipinski definition) is 2. The van der Waals surface area contributed by atoms with Crippen LogP contribution in [0.4, 0.5) is 34.1 Å². The summed E-state index contributed by atoms with van der Waals surface area (Å²) in [6, 6.07) is 68.3. The Hall–Kier alpha value is -6.21. The first-order chi connectivity index (χ1) is 29.3. The molecule has 0 unspecified atom stereocenters. The molecule has 4 heteroatoms. The van der Waals surface area contributed by atoms with Crippen LogP contribution in [-0.2, 0) is 5.41 Å². The van der Waals surface area contributed by atoms with Gasteiger partial charge in [-0.3, -0.25) is 0 Å². The maximum atomic E-state index is 2.52. The topological polar surface area (TPSA) is 6.48 Å². The van der Waals surface area contributed by atoms with Crippen molar-refractivity contribution in [3.05, 3.63) is 193 Å². The second-order valence-corrected chi connectivity index (χ2v) is 29.5. The van der Waals surface area contributed by atoms with E-state index in [1.165, 1.54) is 87.7 Å². The standard InChI is InChI=1S/C57H54N2Si2/c1-57(2)49-37-41(58(39-21-11-9-12-22-39)51-31-17-29-45-42(51)27-19-33-54(45)60(3,4)5)35-36-48(49)56-47-26-16-15-25-44(47)53(38-50(56)57)59(40-23-13-10-14-24-40)52-32-18-30-46-43(52)28-20-34-55(46)61(6,7)8/h9-38H,1-8H3. The third kappa shape index (κ3) is 6.43. The Bertz CT molecular complexity index is 3140. The molecule has 0 fully saturated rings. The van der Waals surface area contributed by atoms with Gasteiger partial charge in [0.2, 0.25) is 0 Å². The van der Waals surface area contributed by atoms with Crippen molar-refractivity contribution in [2.24, 2.45) is 0 Å². The van der Waals surface area contributed by atoms with E-state index in [0.29, 0.717) is 0 Å². The van der Waals surface area contributed by atoms with Crippen molar-refractivity contribution in [2.45, 2.75) is 58.5 Å². The number of anilines is 6.